The van der Waals surface area contributed by atoms with Crippen molar-refractivity contribution in [3.05, 3.63) is 59.4 Å². The number of hydrogen-bond acceptors (Lipinski definition) is 3. The Labute approximate surface area is 148 Å². The Hall–Kier alpha value is -1.78. The molecule has 0 bridgehead atoms. The molecule has 1 atom stereocenters. The van der Waals surface area contributed by atoms with Crippen LogP contribution in [-0.2, 0) is 6.42 Å². The van der Waals surface area contributed by atoms with Gasteiger partial charge >= 0.3 is 0 Å². The molecule has 0 unspecified atom stereocenters. The molecule has 2 aromatic rings. The minimum atomic E-state index is -0.0568. The van der Waals surface area contributed by atoms with E-state index >= 15 is 0 Å². The topological polar surface area (TPSA) is 54.0 Å². The van der Waals surface area contributed by atoms with Crippen molar-refractivity contribution in [2.24, 2.45) is 0 Å². The fraction of sp³-hybridized carbons (Fsp3) is 0.294. The smallest absolute Gasteiger partial charge is 0.252 e. The summed E-state index contributed by atoms with van der Waals surface area (Å²) in [5, 5.41) is 6.41. The third-order valence-corrected chi connectivity index (χ3v) is 3.87. The number of halogens is 2. The molecule has 1 aliphatic heterocycles. The molecule has 1 aromatic heterocycles. The van der Waals surface area contributed by atoms with Crippen molar-refractivity contribution in [1.82, 2.24) is 10.3 Å². The Bertz CT molecular complexity index is 650. The van der Waals surface area contributed by atoms with Crippen molar-refractivity contribution in [3.8, 4) is 0 Å². The van der Waals surface area contributed by atoms with Crippen LogP contribution in [-0.4, -0.2) is 17.4 Å². The van der Waals surface area contributed by atoms with Crippen molar-refractivity contribution in [2.75, 3.05) is 11.9 Å². The first-order valence-electron chi connectivity index (χ1n) is 7.32. The van der Waals surface area contributed by atoms with Crippen molar-refractivity contribution < 1.29 is 4.79 Å². The van der Waals surface area contributed by atoms with E-state index in [0.29, 0.717) is 0 Å². The summed E-state index contributed by atoms with van der Waals surface area (Å²) in [6.07, 6.45) is 5.53. The van der Waals surface area contributed by atoms with Gasteiger partial charge in [-0.05, 0) is 49.1 Å². The lowest BCUT2D eigenvalue weighted by Crippen LogP contribution is -2.28. The molecule has 4 nitrogen and oxygen atoms in total. The molecule has 6 heteroatoms. The summed E-state index contributed by atoms with van der Waals surface area (Å²) in [4.78, 5) is 16.6. The Morgan fingerprint density at radius 3 is 2.83 bits per heavy atom. The van der Waals surface area contributed by atoms with Gasteiger partial charge in [0.15, 0.2) is 0 Å². The molecule has 1 aliphatic rings. The molecule has 2 heterocycles. The largest absolute Gasteiger partial charge is 0.385 e. The van der Waals surface area contributed by atoms with E-state index in [2.05, 4.69) is 15.6 Å². The van der Waals surface area contributed by atoms with Gasteiger partial charge in [0.25, 0.3) is 5.91 Å². The van der Waals surface area contributed by atoms with Gasteiger partial charge in [-0.3, -0.25) is 9.78 Å². The second kappa shape index (κ2) is 8.75. The number of carbonyl (C=O) groups excluding carboxylic acids is 1. The lowest BCUT2D eigenvalue weighted by Gasteiger charge is -2.21. The number of pyridine rings is 1. The van der Waals surface area contributed by atoms with Crippen LogP contribution < -0.4 is 10.6 Å². The van der Waals surface area contributed by atoms with Gasteiger partial charge in [-0.2, -0.15) is 0 Å². The molecule has 0 aliphatic carbocycles. The fourth-order valence-corrected chi connectivity index (χ4v) is 2.71. The first-order valence-corrected chi connectivity index (χ1v) is 7.32. The summed E-state index contributed by atoms with van der Waals surface area (Å²) < 4.78 is 0. The SMILES string of the molecule is C[C@H](NC(=O)c1cccc2c1CCCN2)c1cccnc1.Cl.Cl. The van der Waals surface area contributed by atoms with Crippen LogP contribution in [0.3, 0.4) is 0 Å². The van der Waals surface area contributed by atoms with E-state index in [-0.39, 0.29) is 36.8 Å². The van der Waals surface area contributed by atoms with E-state index in [0.717, 1.165) is 41.8 Å². The molecule has 124 valence electrons. The van der Waals surface area contributed by atoms with Gasteiger partial charge in [-0.15, -0.1) is 24.8 Å². The zero-order valence-electron chi connectivity index (χ0n) is 12.9. The molecule has 0 saturated heterocycles. The number of aromatic nitrogens is 1. The van der Waals surface area contributed by atoms with Gasteiger partial charge in [0.1, 0.15) is 0 Å². The minimum absolute atomic E-state index is 0. The number of nitrogens with zero attached hydrogens (tertiary/aromatic N) is 1. The van der Waals surface area contributed by atoms with Gasteiger partial charge < -0.3 is 10.6 Å². The Morgan fingerprint density at radius 1 is 1.26 bits per heavy atom. The zero-order valence-corrected chi connectivity index (χ0v) is 14.5. The minimum Gasteiger partial charge on any atom is -0.385 e. The number of fused-ring (bicyclic) bond motifs is 1. The van der Waals surface area contributed by atoms with E-state index in [1.54, 1.807) is 12.4 Å². The monoisotopic (exact) mass is 353 g/mol. The summed E-state index contributed by atoms with van der Waals surface area (Å²) in [5.74, 6) is -0.0214. The predicted molar refractivity (Wildman–Crippen MR) is 97.9 cm³/mol. The van der Waals surface area contributed by atoms with Gasteiger partial charge in [0, 0.05) is 30.2 Å². The lowest BCUT2D eigenvalue weighted by molar-refractivity contribution is 0.0939. The molecule has 0 radical (unpaired) electrons. The second-order valence-electron chi connectivity index (χ2n) is 5.34. The van der Waals surface area contributed by atoms with Gasteiger partial charge in [-0.25, -0.2) is 0 Å². The first-order chi connectivity index (χ1) is 10.3. The average molecular weight is 354 g/mol. The molecule has 0 spiro atoms. The molecule has 2 N–H and O–H groups in total. The number of rotatable bonds is 3. The van der Waals surface area contributed by atoms with Crippen molar-refractivity contribution in [1.29, 1.82) is 0 Å². The molecular weight excluding hydrogens is 333 g/mol. The number of amides is 1. The van der Waals surface area contributed by atoms with E-state index in [1.807, 2.05) is 37.3 Å². The first kappa shape index (κ1) is 19.3. The fourth-order valence-electron chi connectivity index (χ4n) is 2.71. The molecule has 3 rings (SSSR count). The maximum atomic E-state index is 12.5. The standard InChI is InChI=1S/C17H19N3O.2ClH/c1-12(13-5-3-9-18-11-13)20-17(21)15-6-2-8-16-14(15)7-4-10-19-16;;/h2-3,5-6,8-9,11-12,19H,4,7,10H2,1H3,(H,20,21);2*1H/t12-;;/m0../s1. The van der Waals surface area contributed by atoms with E-state index in [1.165, 1.54) is 0 Å². The van der Waals surface area contributed by atoms with Crippen molar-refractivity contribution in [2.45, 2.75) is 25.8 Å². The Balaban J connectivity index is 0.00000132. The highest BCUT2D eigenvalue weighted by Gasteiger charge is 2.18. The second-order valence-corrected chi connectivity index (χ2v) is 5.34. The highest BCUT2D eigenvalue weighted by molar-refractivity contribution is 5.97. The molecule has 0 fully saturated rings. The van der Waals surface area contributed by atoms with Crippen LogP contribution in [0.2, 0.25) is 0 Å². The van der Waals surface area contributed by atoms with Crippen LogP contribution in [0.5, 0.6) is 0 Å². The summed E-state index contributed by atoms with van der Waals surface area (Å²) >= 11 is 0. The number of hydrogen-bond donors (Lipinski definition) is 2. The van der Waals surface area contributed by atoms with Gasteiger partial charge in [0.05, 0.1) is 6.04 Å². The lowest BCUT2D eigenvalue weighted by atomic mass is 9.97. The maximum absolute atomic E-state index is 12.5. The summed E-state index contributed by atoms with van der Waals surface area (Å²) in [6, 6.07) is 9.67. The zero-order chi connectivity index (χ0) is 14.7. The summed E-state index contributed by atoms with van der Waals surface area (Å²) in [6.45, 7) is 2.95. The van der Waals surface area contributed by atoms with E-state index in [9.17, 15) is 4.79 Å². The van der Waals surface area contributed by atoms with Crippen molar-refractivity contribution in [3.63, 3.8) is 0 Å². The molecule has 23 heavy (non-hydrogen) atoms. The highest BCUT2D eigenvalue weighted by Crippen LogP contribution is 2.25. The maximum Gasteiger partial charge on any atom is 0.252 e. The average Bonchev–Trinajstić information content (AvgIpc) is 2.55. The van der Waals surface area contributed by atoms with Crippen LogP contribution in [0.4, 0.5) is 5.69 Å². The van der Waals surface area contributed by atoms with Crippen molar-refractivity contribution >= 4 is 36.4 Å². The third-order valence-electron chi connectivity index (χ3n) is 3.87. The summed E-state index contributed by atoms with van der Waals surface area (Å²) in [7, 11) is 0. The number of carbonyl (C=O) groups is 1. The van der Waals surface area contributed by atoms with E-state index < -0.39 is 0 Å². The van der Waals surface area contributed by atoms with Crippen LogP contribution in [0.25, 0.3) is 0 Å². The Kier molecular flexibility index (Phi) is 7.33. The molecule has 1 aromatic carbocycles. The van der Waals surface area contributed by atoms with Crippen LogP contribution >= 0.6 is 24.8 Å². The van der Waals surface area contributed by atoms with Crippen LogP contribution in [0.15, 0.2) is 42.7 Å². The van der Waals surface area contributed by atoms with Crippen LogP contribution in [0, 0.1) is 0 Å². The number of benzene rings is 1. The van der Waals surface area contributed by atoms with Crippen LogP contribution in [0.1, 0.15) is 40.9 Å². The van der Waals surface area contributed by atoms with E-state index in [4.69, 9.17) is 0 Å². The van der Waals surface area contributed by atoms with Gasteiger partial charge in [0.2, 0.25) is 0 Å². The molecular formula is C17H21Cl2N3O. The number of anilines is 1. The third kappa shape index (κ3) is 4.36. The predicted octanol–water partition coefficient (Wildman–Crippen LogP) is 3.77. The highest BCUT2D eigenvalue weighted by atomic mass is 35.5. The normalized spacial score (nSPS) is 13.4. The quantitative estimate of drug-likeness (QED) is 0.882. The Morgan fingerprint density at radius 2 is 2.09 bits per heavy atom. The molecule has 0 saturated carbocycles. The number of nitrogens with one attached hydrogen (secondary N) is 2. The summed E-state index contributed by atoms with van der Waals surface area (Å²) in [5.41, 5.74) is 3.99. The molecule has 1 amide bonds. The van der Waals surface area contributed by atoms with Gasteiger partial charge in [-0.1, -0.05) is 12.1 Å².